The molecule has 0 aliphatic heterocycles. The number of nitrogens with one attached hydrogen (secondary N) is 2. The van der Waals surface area contributed by atoms with Crippen molar-refractivity contribution in [2.24, 2.45) is 26.2 Å². The predicted molar refractivity (Wildman–Crippen MR) is 110 cm³/mol. The number of fused-ring (bicyclic) bond motifs is 1. The molecule has 0 saturated carbocycles. The van der Waals surface area contributed by atoms with Gasteiger partial charge in [0.2, 0.25) is 11.8 Å². The average Bonchev–Trinajstić information content (AvgIpc) is 3.01. The van der Waals surface area contributed by atoms with Crippen molar-refractivity contribution in [3.8, 4) is 5.88 Å². The van der Waals surface area contributed by atoms with Gasteiger partial charge in [-0.1, -0.05) is 6.08 Å². The van der Waals surface area contributed by atoms with Crippen molar-refractivity contribution in [1.29, 1.82) is 0 Å². The standard InChI is InChI=1S/C16H18N8O4S/c1-5-6-24-12(26)8(11(25)19-15(24)29)7-17-20-14-18-10-9(21(14)2)13(27)23(4)16(28)22(10)3/h5,7,26H,1,6H2,2-4H3,(H,18,20)(H,19,25,29)/b17-7-. The summed E-state index contributed by atoms with van der Waals surface area (Å²) in [5.41, 5.74) is 1.21. The lowest BCUT2D eigenvalue weighted by molar-refractivity contribution is 0.413. The van der Waals surface area contributed by atoms with Crippen LogP contribution in [0.25, 0.3) is 11.2 Å². The summed E-state index contributed by atoms with van der Waals surface area (Å²) < 4.78 is 4.97. The highest BCUT2D eigenvalue weighted by atomic mass is 32.1. The summed E-state index contributed by atoms with van der Waals surface area (Å²) in [6, 6.07) is 0. The summed E-state index contributed by atoms with van der Waals surface area (Å²) in [6.07, 6.45) is 2.61. The molecule has 0 amide bonds. The lowest BCUT2D eigenvalue weighted by Gasteiger charge is -2.08. The van der Waals surface area contributed by atoms with Crippen LogP contribution in [0.1, 0.15) is 5.56 Å². The Bertz CT molecular complexity index is 1400. The van der Waals surface area contributed by atoms with Crippen LogP contribution >= 0.6 is 12.2 Å². The molecule has 3 heterocycles. The van der Waals surface area contributed by atoms with Gasteiger partial charge >= 0.3 is 5.69 Å². The Morgan fingerprint density at radius 3 is 2.59 bits per heavy atom. The van der Waals surface area contributed by atoms with E-state index in [2.05, 4.69) is 27.1 Å². The highest BCUT2D eigenvalue weighted by Crippen LogP contribution is 2.14. The normalized spacial score (nSPS) is 11.4. The fourth-order valence-electron chi connectivity index (χ4n) is 2.76. The van der Waals surface area contributed by atoms with Gasteiger partial charge in [0.25, 0.3) is 11.1 Å². The van der Waals surface area contributed by atoms with E-state index in [1.807, 2.05) is 0 Å². The molecular formula is C16H18N8O4S. The smallest absolute Gasteiger partial charge is 0.332 e. The summed E-state index contributed by atoms with van der Waals surface area (Å²) >= 11 is 5.01. The topological polar surface area (TPSA) is 144 Å². The van der Waals surface area contributed by atoms with E-state index in [9.17, 15) is 19.5 Å². The zero-order valence-electron chi connectivity index (χ0n) is 15.8. The molecule has 0 unspecified atom stereocenters. The fraction of sp³-hybridized carbons (Fsp3) is 0.250. The first-order chi connectivity index (χ1) is 13.7. The second-order valence-corrected chi connectivity index (χ2v) is 6.52. The van der Waals surface area contributed by atoms with Crippen LogP contribution < -0.4 is 22.2 Å². The molecule has 0 radical (unpaired) electrons. The molecule has 0 atom stereocenters. The van der Waals surface area contributed by atoms with Gasteiger partial charge in [0.15, 0.2) is 15.9 Å². The number of aryl methyl sites for hydroxylation is 2. The zero-order chi connectivity index (χ0) is 21.5. The zero-order valence-corrected chi connectivity index (χ0v) is 16.6. The molecular weight excluding hydrogens is 400 g/mol. The summed E-state index contributed by atoms with van der Waals surface area (Å²) in [4.78, 5) is 43.2. The van der Waals surface area contributed by atoms with Crippen LogP contribution in [0.2, 0.25) is 0 Å². The quantitative estimate of drug-likeness (QED) is 0.220. The lowest BCUT2D eigenvalue weighted by Crippen LogP contribution is -2.37. The number of hydrogen-bond acceptors (Lipinski definition) is 8. The van der Waals surface area contributed by atoms with E-state index >= 15 is 0 Å². The second kappa shape index (κ2) is 7.35. The monoisotopic (exact) mass is 418 g/mol. The lowest BCUT2D eigenvalue weighted by atomic mass is 10.3. The Labute approximate surface area is 167 Å². The number of anilines is 1. The molecule has 0 spiro atoms. The highest BCUT2D eigenvalue weighted by molar-refractivity contribution is 7.71. The van der Waals surface area contributed by atoms with Crippen molar-refractivity contribution >= 4 is 35.5 Å². The van der Waals surface area contributed by atoms with Crippen molar-refractivity contribution in [3.05, 3.63) is 54.2 Å². The van der Waals surface area contributed by atoms with Crippen LogP contribution in [0.5, 0.6) is 5.88 Å². The van der Waals surface area contributed by atoms with E-state index < -0.39 is 16.8 Å². The maximum absolute atomic E-state index is 12.4. The summed E-state index contributed by atoms with van der Waals surface area (Å²) in [5, 5.41) is 14.2. The van der Waals surface area contributed by atoms with Crippen LogP contribution in [-0.2, 0) is 27.7 Å². The first kappa shape index (κ1) is 20.0. The Kier molecular flexibility index (Phi) is 5.07. The van der Waals surface area contributed by atoms with E-state index in [0.717, 1.165) is 10.8 Å². The number of aromatic amines is 1. The van der Waals surface area contributed by atoms with Crippen molar-refractivity contribution in [1.82, 2.24) is 28.2 Å². The molecule has 152 valence electrons. The number of hydrazone groups is 1. The molecule has 29 heavy (non-hydrogen) atoms. The van der Waals surface area contributed by atoms with Crippen molar-refractivity contribution in [2.45, 2.75) is 6.54 Å². The van der Waals surface area contributed by atoms with E-state index in [-0.39, 0.29) is 39.9 Å². The molecule has 3 aromatic heterocycles. The molecule has 12 nitrogen and oxygen atoms in total. The van der Waals surface area contributed by atoms with Crippen molar-refractivity contribution < 1.29 is 5.11 Å². The predicted octanol–water partition coefficient (Wildman–Crippen LogP) is -0.472. The first-order valence-corrected chi connectivity index (χ1v) is 8.68. The second-order valence-electron chi connectivity index (χ2n) is 6.14. The van der Waals surface area contributed by atoms with Crippen molar-refractivity contribution in [3.63, 3.8) is 0 Å². The number of aromatic nitrogens is 6. The van der Waals surface area contributed by atoms with E-state index in [0.29, 0.717) is 0 Å². The Morgan fingerprint density at radius 2 is 1.93 bits per heavy atom. The van der Waals surface area contributed by atoms with Gasteiger partial charge in [-0.15, -0.1) is 6.58 Å². The Morgan fingerprint density at radius 1 is 1.24 bits per heavy atom. The van der Waals surface area contributed by atoms with Gasteiger partial charge in [-0.25, -0.2) is 10.2 Å². The number of aromatic hydroxyl groups is 1. The molecule has 0 aliphatic rings. The van der Waals surface area contributed by atoms with E-state index in [1.54, 1.807) is 7.05 Å². The van der Waals surface area contributed by atoms with Gasteiger partial charge in [0, 0.05) is 27.7 Å². The number of H-pyrrole nitrogens is 1. The van der Waals surface area contributed by atoms with E-state index in [1.165, 1.54) is 33.9 Å². The highest BCUT2D eigenvalue weighted by Gasteiger charge is 2.17. The molecule has 3 N–H and O–H groups in total. The summed E-state index contributed by atoms with van der Waals surface area (Å²) in [5.74, 6) is -0.213. The molecule has 3 aromatic rings. The van der Waals surface area contributed by atoms with Gasteiger partial charge in [0.05, 0.1) is 6.21 Å². The number of hydrogen-bond donors (Lipinski definition) is 3. The third-order valence-corrected chi connectivity index (χ3v) is 4.67. The molecule has 0 bridgehead atoms. The van der Waals surface area contributed by atoms with Crippen molar-refractivity contribution in [2.75, 3.05) is 5.43 Å². The van der Waals surface area contributed by atoms with Gasteiger partial charge in [0.1, 0.15) is 5.56 Å². The summed E-state index contributed by atoms with van der Waals surface area (Å²) in [6.45, 7) is 3.76. The van der Waals surface area contributed by atoms with Gasteiger partial charge in [-0.05, 0) is 12.2 Å². The maximum Gasteiger partial charge on any atom is 0.332 e. The van der Waals surface area contributed by atoms with Crippen LogP contribution in [-0.4, -0.2) is 39.6 Å². The number of imidazole rings is 1. The van der Waals surface area contributed by atoms with Crippen LogP contribution in [0.4, 0.5) is 5.95 Å². The molecule has 13 heteroatoms. The Hall–Kier alpha value is -3.74. The molecule has 0 aromatic carbocycles. The third-order valence-electron chi connectivity index (χ3n) is 4.35. The van der Waals surface area contributed by atoms with Crippen LogP contribution in [0.3, 0.4) is 0 Å². The minimum absolute atomic E-state index is 0.0459. The minimum atomic E-state index is -0.625. The minimum Gasteiger partial charge on any atom is -0.494 e. The largest absolute Gasteiger partial charge is 0.494 e. The molecule has 0 saturated heterocycles. The SMILES string of the molecule is C=CCn1c(O)c(/C=N\Nc2nc3c(c(=O)n(C)c(=O)n3C)n2C)c(=O)[nH]c1=S. The van der Waals surface area contributed by atoms with Gasteiger partial charge in [-0.2, -0.15) is 10.1 Å². The molecule has 0 fully saturated rings. The number of nitrogens with zero attached hydrogens (tertiary/aromatic N) is 6. The fourth-order valence-corrected chi connectivity index (χ4v) is 3.02. The van der Waals surface area contributed by atoms with Gasteiger partial charge in [-0.3, -0.25) is 28.3 Å². The van der Waals surface area contributed by atoms with Crippen LogP contribution in [0.15, 0.2) is 32.1 Å². The maximum atomic E-state index is 12.4. The van der Waals surface area contributed by atoms with Crippen LogP contribution in [0, 0.1) is 4.77 Å². The Balaban J connectivity index is 2.05. The first-order valence-electron chi connectivity index (χ1n) is 8.27. The average molecular weight is 418 g/mol. The summed E-state index contributed by atoms with van der Waals surface area (Å²) in [7, 11) is 4.45. The number of allylic oxidation sites excluding steroid dienone is 1. The molecule has 0 aliphatic carbocycles. The van der Waals surface area contributed by atoms with Gasteiger partial charge < -0.3 is 9.67 Å². The molecule has 3 rings (SSSR count). The third kappa shape index (κ3) is 3.20. The van der Waals surface area contributed by atoms with E-state index in [4.69, 9.17) is 12.2 Å². The number of rotatable bonds is 5.